The van der Waals surface area contributed by atoms with E-state index in [2.05, 4.69) is 20.4 Å². The number of fused-ring (bicyclic) bond motifs is 1. The fourth-order valence-electron chi connectivity index (χ4n) is 2.53. The Hall–Kier alpha value is -2.74. The molecule has 0 radical (unpaired) electrons. The molecule has 1 aliphatic heterocycles. The zero-order valence-corrected chi connectivity index (χ0v) is 15.2. The predicted molar refractivity (Wildman–Crippen MR) is 97.7 cm³/mol. The fourth-order valence-corrected chi connectivity index (χ4v) is 2.73. The maximum atomic E-state index is 12.5. The van der Waals surface area contributed by atoms with Gasteiger partial charge in [-0.05, 0) is 35.9 Å². The zero-order valence-electron chi connectivity index (χ0n) is 14.5. The second-order valence-electron chi connectivity index (χ2n) is 5.60. The van der Waals surface area contributed by atoms with Crippen molar-refractivity contribution in [2.24, 2.45) is 4.99 Å². The van der Waals surface area contributed by atoms with Gasteiger partial charge in [-0.2, -0.15) is 8.78 Å². The van der Waals surface area contributed by atoms with Crippen molar-refractivity contribution in [2.75, 3.05) is 13.8 Å². The summed E-state index contributed by atoms with van der Waals surface area (Å²) in [5.41, 5.74) is 1.47. The molecule has 0 aliphatic carbocycles. The Balaban J connectivity index is 1.59. The molecule has 0 saturated carbocycles. The molecular weight excluding hydrogens is 380 g/mol. The van der Waals surface area contributed by atoms with Crippen molar-refractivity contribution in [3.63, 3.8) is 0 Å². The van der Waals surface area contributed by atoms with Gasteiger partial charge in [0.2, 0.25) is 6.79 Å². The maximum absolute atomic E-state index is 12.5. The molecule has 0 atom stereocenters. The molecule has 144 valence electrons. The third-order valence-electron chi connectivity index (χ3n) is 3.81. The molecule has 3 rings (SSSR count). The molecule has 2 aromatic carbocycles. The van der Waals surface area contributed by atoms with Gasteiger partial charge in [-0.3, -0.25) is 4.99 Å². The van der Waals surface area contributed by atoms with Gasteiger partial charge in [-0.25, -0.2) is 0 Å². The first kappa shape index (κ1) is 19.0. The van der Waals surface area contributed by atoms with E-state index in [0.717, 1.165) is 5.56 Å². The van der Waals surface area contributed by atoms with Crippen LogP contribution in [-0.2, 0) is 13.1 Å². The largest absolute Gasteiger partial charge is 0.454 e. The molecule has 1 aliphatic rings. The van der Waals surface area contributed by atoms with Crippen molar-refractivity contribution in [1.29, 1.82) is 0 Å². The van der Waals surface area contributed by atoms with Crippen molar-refractivity contribution in [2.45, 2.75) is 19.7 Å². The number of nitrogens with one attached hydrogen (secondary N) is 2. The lowest BCUT2D eigenvalue weighted by atomic mass is 10.2. The summed E-state index contributed by atoms with van der Waals surface area (Å²) in [5, 5.41) is 6.62. The van der Waals surface area contributed by atoms with Gasteiger partial charge in [0.25, 0.3) is 0 Å². The molecular formula is C18H18ClF2N3O3. The maximum Gasteiger partial charge on any atom is 0.387 e. The van der Waals surface area contributed by atoms with Gasteiger partial charge in [0.1, 0.15) is 5.75 Å². The lowest BCUT2D eigenvalue weighted by Crippen LogP contribution is -2.36. The quantitative estimate of drug-likeness (QED) is 0.576. The minimum atomic E-state index is -2.91. The average molecular weight is 398 g/mol. The normalized spacial score (nSPS) is 13.0. The highest BCUT2D eigenvalue weighted by Gasteiger charge is 2.14. The molecule has 0 aromatic heterocycles. The van der Waals surface area contributed by atoms with E-state index in [-0.39, 0.29) is 19.1 Å². The Morgan fingerprint density at radius 1 is 1.15 bits per heavy atom. The standard InChI is InChI=1S/C18H18ClF2N3O3/c1-22-18(23-8-11-2-4-15-16(6-11)26-10-25-15)24-9-12-7-13(19)3-5-14(12)27-17(20)21/h2-7,17H,8-10H2,1H3,(H2,22,23,24). The van der Waals surface area contributed by atoms with Gasteiger partial charge in [-0.1, -0.05) is 17.7 Å². The van der Waals surface area contributed by atoms with Crippen molar-refractivity contribution in [3.05, 3.63) is 52.5 Å². The Kier molecular flexibility index (Phi) is 6.18. The van der Waals surface area contributed by atoms with Gasteiger partial charge in [-0.15, -0.1) is 0 Å². The van der Waals surface area contributed by atoms with E-state index in [4.69, 9.17) is 21.1 Å². The van der Waals surface area contributed by atoms with E-state index in [0.29, 0.717) is 34.6 Å². The van der Waals surface area contributed by atoms with Gasteiger partial charge >= 0.3 is 6.61 Å². The van der Waals surface area contributed by atoms with E-state index in [1.807, 2.05) is 18.2 Å². The lowest BCUT2D eigenvalue weighted by molar-refractivity contribution is -0.0504. The third kappa shape index (κ3) is 5.13. The number of nitrogens with zero attached hydrogens (tertiary/aromatic N) is 1. The van der Waals surface area contributed by atoms with E-state index in [1.54, 1.807) is 13.1 Å². The first-order valence-electron chi connectivity index (χ1n) is 8.11. The Morgan fingerprint density at radius 3 is 2.70 bits per heavy atom. The SMILES string of the molecule is CN=C(NCc1ccc2c(c1)OCO2)NCc1cc(Cl)ccc1OC(F)F. The minimum Gasteiger partial charge on any atom is -0.454 e. The zero-order chi connectivity index (χ0) is 19.2. The first-order valence-corrected chi connectivity index (χ1v) is 8.49. The molecule has 0 fully saturated rings. The molecule has 0 bridgehead atoms. The number of benzene rings is 2. The van der Waals surface area contributed by atoms with Crippen LogP contribution in [0.2, 0.25) is 5.02 Å². The summed E-state index contributed by atoms with van der Waals surface area (Å²) in [6.07, 6.45) is 0. The summed E-state index contributed by atoms with van der Waals surface area (Å²) in [7, 11) is 1.61. The Labute approximate surface area is 160 Å². The van der Waals surface area contributed by atoms with Gasteiger partial charge < -0.3 is 24.8 Å². The Morgan fingerprint density at radius 2 is 1.93 bits per heavy atom. The van der Waals surface area contributed by atoms with Crippen molar-refractivity contribution in [1.82, 2.24) is 10.6 Å². The number of alkyl halides is 2. The highest BCUT2D eigenvalue weighted by Crippen LogP contribution is 2.32. The average Bonchev–Trinajstić information content (AvgIpc) is 3.11. The summed E-state index contributed by atoms with van der Waals surface area (Å²) >= 11 is 5.95. The smallest absolute Gasteiger partial charge is 0.387 e. The van der Waals surface area contributed by atoms with Crippen LogP contribution in [-0.4, -0.2) is 26.4 Å². The van der Waals surface area contributed by atoms with Crippen LogP contribution in [0.3, 0.4) is 0 Å². The number of halogens is 3. The number of hydrogen-bond acceptors (Lipinski definition) is 4. The van der Waals surface area contributed by atoms with E-state index >= 15 is 0 Å². The van der Waals surface area contributed by atoms with Gasteiger partial charge in [0.15, 0.2) is 17.5 Å². The van der Waals surface area contributed by atoms with Crippen LogP contribution in [0.4, 0.5) is 8.78 Å². The summed E-state index contributed by atoms with van der Waals surface area (Å²) in [5.74, 6) is 1.97. The molecule has 27 heavy (non-hydrogen) atoms. The monoisotopic (exact) mass is 397 g/mol. The molecule has 2 aromatic rings. The number of ether oxygens (including phenoxy) is 3. The topological polar surface area (TPSA) is 64.1 Å². The van der Waals surface area contributed by atoms with Crippen LogP contribution in [0.15, 0.2) is 41.4 Å². The molecule has 0 spiro atoms. The van der Waals surface area contributed by atoms with E-state index in [1.165, 1.54) is 12.1 Å². The molecule has 0 unspecified atom stereocenters. The highest BCUT2D eigenvalue weighted by molar-refractivity contribution is 6.30. The fraction of sp³-hybridized carbons (Fsp3) is 0.278. The van der Waals surface area contributed by atoms with Crippen LogP contribution in [0.5, 0.6) is 17.2 Å². The highest BCUT2D eigenvalue weighted by atomic mass is 35.5. The second-order valence-corrected chi connectivity index (χ2v) is 6.03. The number of hydrogen-bond donors (Lipinski definition) is 2. The van der Waals surface area contributed by atoms with Crippen molar-refractivity contribution in [3.8, 4) is 17.2 Å². The number of guanidine groups is 1. The van der Waals surface area contributed by atoms with Gasteiger partial charge in [0.05, 0.1) is 0 Å². The van der Waals surface area contributed by atoms with Crippen LogP contribution >= 0.6 is 11.6 Å². The molecule has 1 heterocycles. The summed E-state index contributed by atoms with van der Waals surface area (Å²) in [6, 6.07) is 10.1. The molecule has 9 heteroatoms. The molecule has 0 saturated heterocycles. The first-order chi connectivity index (χ1) is 13.0. The number of rotatable bonds is 6. The van der Waals surface area contributed by atoms with Crippen LogP contribution in [0.1, 0.15) is 11.1 Å². The van der Waals surface area contributed by atoms with Crippen molar-refractivity contribution < 1.29 is 23.0 Å². The lowest BCUT2D eigenvalue weighted by Gasteiger charge is -2.15. The Bertz CT molecular complexity index is 833. The van der Waals surface area contributed by atoms with E-state index in [9.17, 15) is 8.78 Å². The second kappa shape index (κ2) is 8.77. The van der Waals surface area contributed by atoms with Crippen LogP contribution < -0.4 is 24.8 Å². The summed E-state index contributed by atoms with van der Waals surface area (Å²) in [6.45, 7) is -1.98. The molecule has 0 amide bonds. The van der Waals surface area contributed by atoms with E-state index < -0.39 is 6.61 Å². The third-order valence-corrected chi connectivity index (χ3v) is 4.04. The van der Waals surface area contributed by atoms with Crippen LogP contribution in [0.25, 0.3) is 0 Å². The summed E-state index contributed by atoms with van der Waals surface area (Å²) < 4.78 is 40.2. The van der Waals surface area contributed by atoms with Crippen molar-refractivity contribution >= 4 is 17.6 Å². The summed E-state index contributed by atoms with van der Waals surface area (Å²) in [4.78, 5) is 4.12. The minimum absolute atomic E-state index is 0.0631. The van der Waals surface area contributed by atoms with Crippen LogP contribution in [0, 0.1) is 0 Å². The van der Waals surface area contributed by atoms with Gasteiger partial charge in [0, 0.05) is 30.7 Å². The number of aliphatic imine (C=N–C) groups is 1. The predicted octanol–water partition coefficient (Wildman–Crippen LogP) is 3.54. The molecule has 2 N–H and O–H groups in total. The molecule has 6 nitrogen and oxygen atoms in total.